The lowest BCUT2D eigenvalue weighted by atomic mass is 10.0. The molecule has 1 aromatic rings. The molecule has 0 heterocycles. The fraction of sp³-hybridized carbons (Fsp3) is 0.600. The van der Waals surface area contributed by atoms with Crippen LogP contribution >= 0.6 is 11.8 Å². The number of rotatable bonds is 8. The van der Waals surface area contributed by atoms with E-state index in [1.807, 2.05) is 6.07 Å². The van der Waals surface area contributed by atoms with E-state index in [1.54, 1.807) is 51.6 Å². The molecule has 0 spiro atoms. The Kier molecular flexibility index (Phi) is 7.60. The van der Waals surface area contributed by atoms with Gasteiger partial charge in [-0.1, -0.05) is 0 Å². The van der Waals surface area contributed by atoms with Crippen LogP contribution in [0.4, 0.5) is 10.5 Å². The molecule has 28 heavy (non-hydrogen) atoms. The lowest BCUT2D eigenvalue weighted by molar-refractivity contribution is -0.150. The highest BCUT2D eigenvalue weighted by atomic mass is 32.2. The molecule has 3 N–H and O–H groups in total. The fourth-order valence-electron chi connectivity index (χ4n) is 2.65. The van der Waals surface area contributed by atoms with Crippen molar-refractivity contribution in [1.29, 1.82) is 0 Å². The molecule has 0 aliphatic heterocycles. The summed E-state index contributed by atoms with van der Waals surface area (Å²) in [6.45, 7) is 6.73. The first-order valence-electron chi connectivity index (χ1n) is 9.49. The molecule has 1 aromatic carbocycles. The maximum atomic E-state index is 12.9. The zero-order valence-corrected chi connectivity index (χ0v) is 17.8. The minimum Gasteiger partial charge on any atom is -0.464 e. The summed E-state index contributed by atoms with van der Waals surface area (Å²) in [6.07, 6.45) is 1.54. The van der Waals surface area contributed by atoms with Gasteiger partial charge in [0, 0.05) is 27.9 Å². The number of nitrogen functional groups attached to an aromatic ring is 1. The molecular formula is C20H30N2O5S. The van der Waals surface area contributed by atoms with Crippen LogP contribution in [0.3, 0.4) is 0 Å². The van der Waals surface area contributed by atoms with E-state index in [2.05, 4.69) is 0 Å². The van der Waals surface area contributed by atoms with Gasteiger partial charge in [0.1, 0.15) is 5.60 Å². The molecule has 0 saturated heterocycles. The van der Waals surface area contributed by atoms with Crippen LogP contribution in [0.5, 0.6) is 0 Å². The summed E-state index contributed by atoms with van der Waals surface area (Å²) >= 11 is 1.66. The Morgan fingerprint density at radius 2 is 2.04 bits per heavy atom. The predicted molar refractivity (Wildman–Crippen MR) is 109 cm³/mol. The highest BCUT2D eigenvalue weighted by molar-refractivity contribution is 8.00. The van der Waals surface area contributed by atoms with Crippen molar-refractivity contribution in [3.8, 4) is 0 Å². The van der Waals surface area contributed by atoms with E-state index < -0.39 is 23.7 Å². The summed E-state index contributed by atoms with van der Waals surface area (Å²) in [4.78, 5) is 27.8. The van der Waals surface area contributed by atoms with Crippen molar-refractivity contribution in [3.63, 3.8) is 0 Å². The molecule has 1 aliphatic rings. The van der Waals surface area contributed by atoms with Crippen LogP contribution in [0.2, 0.25) is 0 Å². The minimum absolute atomic E-state index is 0.0687. The average molecular weight is 411 g/mol. The number of carbonyl (C=O) groups is 2. The largest absolute Gasteiger partial charge is 0.464 e. The second-order valence-electron chi connectivity index (χ2n) is 7.67. The van der Waals surface area contributed by atoms with Crippen LogP contribution in [-0.4, -0.2) is 52.7 Å². The van der Waals surface area contributed by atoms with Crippen LogP contribution < -0.4 is 5.73 Å². The number of esters is 1. The van der Waals surface area contributed by atoms with Crippen LogP contribution in [0, 0.1) is 0 Å². The van der Waals surface area contributed by atoms with E-state index in [0.29, 0.717) is 16.5 Å². The number of aliphatic hydroxyl groups is 1. The highest BCUT2D eigenvalue weighted by Gasteiger charge is 2.37. The van der Waals surface area contributed by atoms with Crippen molar-refractivity contribution in [1.82, 2.24) is 4.90 Å². The lowest BCUT2D eigenvalue weighted by Crippen LogP contribution is -2.44. The lowest BCUT2D eigenvalue weighted by Gasteiger charge is -2.33. The molecule has 1 amide bonds. The summed E-state index contributed by atoms with van der Waals surface area (Å²) < 4.78 is 10.7. The molecule has 1 fully saturated rings. The van der Waals surface area contributed by atoms with Gasteiger partial charge in [-0.15, -0.1) is 11.8 Å². The Hall–Kier alpha value is -1.93. The summed E-state index contributed by atoms with van der Waals surface area (Å²) in [5.41, 5.74) is 6.32. The SMILES string of the molecule is CCOC(=O)[C@@H](c1cc(N)ccc1SC1CC1)N(CCO)C(=O)OC(C)(C)C. The van der Waals surface area contributed by atoms with E-state index in [1.165, 1.54) is 4.90 Å². The number of nitrogens with two attached hydrogens (primary N) is 1. The molecule has 156 valence electrons. The van der Waals surface area contributed by atoms with Gasteiger partial charge in [0.05, 0.1) is 13.2 Å². The third-order valence-electron chi connectivity index (χ3n) is 3.94. The zero-order chi connectivity index (χ0) is 20.9. The molecule has 7 nitrogen and oxygen atoms in total. The van der Waals surface area contributed by atoms with Crippen molar-refractivity contribution in [3.05, 3.63) is 23.8 Å². The number of hydrogen-bond acceptors (Lipinski definition) is 7. The van der Waals surface area contributed by atoms with Gasteiger partial charge in [0.15, 0.2) is 6.04 Å². The molecule has 1 atom stereocenters. The summed E-state index contributed by atoms with van der Waals surface area (Å²) in [5.74, 6) is -0.579. The Bertz CT molecular complexity index is 700. The summed E-state index contributed by atoms with van der Waals surface area (Å²) in [6, 6.07) is 4.29. The Labute approximate surface area is 170 Å². The van der Waals surface area contributed by atoms with Crippen molar-refractivity contribution in [2.75, 3.05) is 25.5 Å². The quantitative estimate of drug-likeness (QED) is 0.500. The molecule has 1 saturated carbocycles. The van der Waals surface area contributed by atoms with Crippen molar-refractivity contribution in [2.24, 2.45) is 0 Å². The fourth-order valence-corrected chi connectivity index (χ4v) is 3.83. The second-order valence-corrected chi connectivity index (χ2v) is 9.01. The molecule has 8 heteroatoms. The topological polar surface area (TPSA) is 102 Å². The van der Waals surface area contributed by atoms with Crippen LogP contribution in [0.15, 0.2) is 23.1 Å². The molecule has 1 aliphatic carbocycles. The van der Waals surface area contributed by atoms with Gasteiger partial charge >= 0.3 is 12.1 Å². The van der Waals surface area contributed by atoms with E-state index >= 15 is 0 Å². The first kappa shape index (κ1) is 22.4. The normalized spacial score (nSPS) is 15.0. The van der Waals surface area contributed by atoms with Crippen LogP contribution in [-0.2, 0) is 14.3 Å². The van der Waals surface area contributed by atoms with Crippen LogP contribution in [0.25, 0.3) is 0 Å². The minimum atomic E-state index is -1.05. The molecule has 0 radical (unpaired) electrons. The number of ether oxygens (including phenoxy) is 2. The number of benzene rings is 1. The standard InChI is InChI=1S/C20H30N2O5S/c1-5-26-18(24)17(22(10-11-23)19(25)27-20(2,3)4)15-12-13(21)6-9-16(15)28-14-7-8-14/h6,9,12,14,17,23H,5,7-8,10-11,21H2,1-4H3/t17-/m1/s1. The Morgan fingerprint density at radius 1 is 1.36 bits per heavy atom. The van der Waals surface area contributed by atoms with Gasteiger partial charge in [-0.2, -0.15) is 0 Å². The average Bonchev–Trinajstić information content (AvgIpc) is 3.39. The monoisotopic (exact) mass is 410 g/mol. The number of amides is 1. The van der Waals surface area contributed by atoms with E-state index in [4.69, 9.17) is 15.2 Å². The molecule has 0 aromatic heterocycles. The van der Waals surface area contributed by atoms with Gasteiger partial charge in [-0.25, -0.2) is 9.59 Å². The van der Waals surface area contributed by atoms with Crippen molar-refractivity contribution in [2.45, 2.75) is 62.3 Å². The van der Waals surface area contributed by atoms with Crippen molar-refractivity contribution < 1.29 is 24.2 Å². The molecule has 0 bridgehead atoms. The van der Waals surface area contributed by atoms with Crippen molar-refractivity contribution >= 4 is 29.5 Å². The summed E-state index contributed by atoms with van der Waals surface area (Å²) in [5, 5.41) is 10.0. The number of carbonyl (C=O) groups excluding carboxylic acids is 2. The Balaban J connectivity index is 2.48. The highest BCUT2D eigenvalue weighted by Crippen LogP contribution is 2.43. The number of aliphatic hydroxyl groups excluding tert-OH is 1. The molecule has 0 unspecified atom stereocenters. The van der Waals surface area contributed by atoms with E-state index in [9.17, 15) is 14.7 Å². The van der Waals surface area contributed by atoms with E-state index in [-0.39, 0.29) is 19.8 Å². The molecular weight excluding hydrogens is 380 g/mol. The maximum absolute atomic E-state index is 12.9. The van der Waals surface area contributed by atoms with Gasteiger partial charge in [0.25, 0.3) is 0 Å². The number of anilines is 1. The van der Waals surface area contributed by atoms with Gasteiger partial charge < -0.3 is 20.3 Å². The predicted octanol–water partition coefficient (Wildman–Crippen LogP) is 3.36. The Morgan fingerprint density at radius 3 is 2.57 bits per heavy atom. The third-order valence-corrected chi connectivity index (χ3v) is 5.37. The smallest absolute Gasteiger partial charge is 0.411 e. The summed E-state index contributed by atoms with van der Waals surface area (Å²) in [7, 11) is 0. The first-order chi connectivity index (χ1) is 13.2. The molecule has 2 rings (SSSR count). The number of hydrogen-bond donors (Lipinski definition) is 2. The van der Waals surface area contributed by atoms with Gasteiger partial charge in [-0.3, -0.25) is 4.90 Å². The number of thioether (sulfide) groups is 1. The zero-order valence-electron chi connectivity index (χ0n) is 16.9. The third kappa shape index (κ3) is 6.31. The van der Waals surface area contributed by atoms with Gasteiger partial charge in [-0.05, 0) is 58.7 Å². The maximum Gasteiger partial charge on any atom is 0.411 e. The second kappa shape index (κ2) is 9.52. The number of nitrogens with zero attached hydrogens (tertiary/aromatic N) is 1. The van der Waals surface area contributed by atoms with Gasteiger partial charge in [0.2, 0.25) is 0 Å². The van der Waals surface area contributed by atoms with E-state index in [0.717, 1.165) is 17.7 Å². The van der Waals surface area contributed by atoms with Crippen LogP contribution in [0.1, 0.15) is 52.1 Å². The first-order valence-corrected chi connectivity index (χ1v) is 10.4.